The van der Waals surface area contributed by atoms with Gasteiger partial charge in [-0.1, -0.05) is 30.3 Å². The van der Waals surface area contributed by atoms with Crippen molar-refractivity contribution in [2.45, 2.75) is 59.8 Å². The molecule has 3 rings (SSSR count). The first-order valence-corrected chi connectivity index (χ1v) is 12.3. The summed E-state index contributed by atoms with van der Waals surface area (Å²) in [4.78, 5) is 2.28. The molecular weight excluding hydrogens is 422 g/mol. The lowest BCUT2D eigenvalue weighted by atomic mass is 10.0. The van der Waals surface area contributed by atoms with E-state index in [2.05, 4.69) is 62.4 Å². The van der Waals surface area contributed by atoms with Crippen LogP contribution in [-0.2, 0) is 17.6 Å². The molecule has 0 radical (unpaired) electrons. The summed E-state index contributed by atoms with van der Waals surface area (Å²) in [5.74, 6) is 0.876. The van der Waals surface area contributed by atoms with E-state index in [0.717, 1.165) is 32.2 Å². The van der Waals surface area contributed by atoms with Crippen molar-refractivity contribution in [3.63, 3.8) is 0 Å². The maximum atomic E-state index is 12.3. The predicted molar refractivity (Wildman–Crippen MR) is 135 cm³/mol. The van der Waals surface area contributed by atoms with Gasteiger partial charge in [-0.2, -0.15) is 4.40 Å². The molecule has 0 bridgehead atoms. The van der Waals surface area contributed by atoms with Crippen LogP contribution in [0.5, 0.6) is 5.75 Å². The van der Waals surface area contributed by atoms with E-state index in [9.17, 15) is 4.21 Å². The summed E-state index contributed by atoms with van der Waals surface area (Å²) in [6.45, 7) is 14.7. The van der Waals surface area contributed by atoms with Crippen LogP contribution in [0, 0.1) is 27.7 Å². The fourth-order valence-corrected chi connectivity index (χ4v) is 4.78. The molecule has 164 valence electrons. The first-order valence-electron chi connectivity index (χ1n) is 10.4. The average Bonchev–Trinajstić information content (AvgIpc) is 3.06. The highest BCUT2D eigenvalue weighted by Gasteiger charge is 2.19. The van der Waals surface area contributed by atoms with E-state index in [1.807, 2.05) is 32.9 Å². The Labute approximate surface area is 192 Å². The quantitative estimate of drug-likeness (QED) is 0.373. The first-order chi connectivity index (χ1) is 14.6. The van der Waals surface area contributed by atoms with Crippen LogP contribution in [0.2, 0.25) is 0 Å². The molecule has 1 atom stereocenters. The normalized spacial score (nSPS) is 13.0. The molecule has 0 aliphatic carbocycles. The fraction of sp³-hybridized carbons (Fsp3) is 0.346. The summed E-state index contributed by atoms with van der Waals surface area (Å²) in [6, 6.07) is 14.7. The molecule has 31 heavy (non-hydrogen) atoms. The molecule has 3 aromatic rings. The van der Waals surface area contributed by atoms with Crippen molar-refractivity contribution in [1.82, 2.24) is 0 Å². The van der Waals surface area contributed by atoms with Gasteiger partial charge in [-0.15, -0.1) is 11.3 Å². The van der Waals surface area contributed by atoms with E-state index in [4.69, 9.17) is 4.74 Å². The zero-order valence-corrected chi connectivity index (χ0v) is 21.0. The molecule has 0 fully saturated rings. The highest BCUT2D eigenvalue weighted by Crippen LogP contribution is 2.39. The molecule has 0 aliphatic heterocycles. The van der Waals surface area contributed by atoms with Gasteiger partial charge in [-0.3, -0.25) is 0 Å². The van der Waals surface area contributed by atoms with Crippen LogP contribution >= 0.6 is 11.3 Å². The van der Waals surface area contributed by atoms with Gasteiger partial charge in [-0.05, 0) is 82.9 Å². The highest BCUT2D eigenvalue weighted by atomic mass is 32.2. The number of hydrogen-bond donors (Lipinski definition) is 0. The van der Waals surface area contributed by atoms with E-state index in [1.54, 1.807) is 17.6 Å². The van der Waals surface area contributed by atoms with Crippen molar-refractivity contribution < 1.29 is 8.95 Å². The largest absolute Gasteiger partial charge is 0.488 e. The second-order valence-electron chi connectivity index (χ2n) is 8.87. The monoisotopic (exact) mass is 453 g/mol. The second kappa shape index (κ2) is 9.49. The number of rotatable bonds is 6. The van der Waals surface area contributed by atoms with Gasteiger partial charge in [-0.25, -0.2) is 4.21 Å². The Morgan fingerprint density at radius 2 is 1.74 bits per heavy atom. The van der Waals surface area contributed by atoms with Crippen molar-refractivity contribution in [2.75, 3.05) is 0 Å². The van der Waals surface area contributed by atoms with E-state index in [-0.39, 0.29) is 4.75 Å². The molecular formula is C26H31NO2S2. The van der Waals surface area contributed by atoms with E-state index < -0.39 is 11.0 Å². The highest BCUT2D eigenvalue weighted by molar-refractivity contribution is 7.85. The Hall–Kier alpha value is -2.24. The van der Waals surface area contributed by atoms with E-state index >= 15 is 0 Å². The molecule has 0 saturated heterocycles. The third-order valence-electron chi connectivity index (χ3n) is 5.21. The summed E-state index contributed by atoms with van der Waals surface area (Å²) in [6.07, 6.45) is 1.74. The number of nitrogens with zero attached hydrogens (tertiary/aromatic N) is 1. The molecule has 1 heterocycles. The molecule has 0 aliphatic rings. The van der Waals surface area contributed by atoms with Crippen molar-refractivity contribution in [2.24, 2.45) is 4.40 Å². The molecule has 3 nitrogen and oxygen atoms in total. The summed E-state index contributed by atoms with van der Waals surface area (Å²) in [5, 5.41) is 0. The minimum atomic E-state index is -1.27. The minimum absolute atomic E-state index is 0.366. The third kappa shape index (κ3) is 5.72. The number of aryl methyl sites for hydroxylation is 4. The molecule has 1 unspecified atom stereocenters. The van der Waals surface area contributed by atoms with Gasteiger partial charge >= 0.3 is 0 Å². The number of thiophene rings is 1. The van der Waals surface area contributed by atoms with Gasteiger partial charge in [0.15, 0.2) is 0 Å². The van der Waals surface area contributed by atoms with E-state index in [0.29, 0.717) is 6.61 Å². The standard InChI is InChI=1S/C26H31NO2S2/c1-17-11-12-21(13-19(17)3)16-29-23-10-8-9-18(2)25(23)24-14-22(20(4)30-24)15-27-31(28)26(5,6)7/h8-15H,16H2,1-7H3. The van der Waals surface area contributed by atoms with Crippen molar-refractivity contribution in [3.8, 4) is 16.2 Å². The lowest BCUT2D eigenvalue weighted by molar-refractivity contribution is 0.307. The maximum absolute atomic E-state index is 12.3. The summed E-state index contributed by atoms with van der Waals surface area (Å²) >= 11 is 1.71. The minimum Gasteiger partial charge on any atom is -0.488 e. The van der Waals surface area contributed by atoms with Gasteiger partial charge in [0.25, 0.3) is 0 Å². The number of ether oxygens (including phenoxy) is 1. The van der Waals surface area contributed by atoms with Crippen LogP contribution in [0.15, 0.2) is 46.9 Å². The van der Waals surface area contributed by atoms with Crippen LogP contribution in [0.25, 0.3) is 10.4 Å². The van der Waals surface area contributed by atoms with Crippen molar-refractivity contribution in [1.29, 1.82) is 0 Å². The number of benzene rings is 2. The molecule has 0 spiro atoms. The summed E-state index contributed by atoms with van der Waals surface area (Å²) in [7, 11) is -1.27. The van der Waals surface area contributed by atoms with Crippen LogP contribution in [-0.4, -0.2) is 15.2 Å². The van der Waals surface area contributed by atoms with Crippen LogP contribution in [0.1, 0.15) is 53.5 Å². The topological polar surface area (TPSA) is 38.7 Å². The zero-order chi connectivity index (χ0) is 22.8. The van der Waals surface area contributed by atoms with Crippen molar-refractivity contribution >= 4 is 28.5 Å². The smallest absolute Gasteiger partial charge is 0.144 e. The van der Waals surface area contributed by atoms with Crippen LogP contribution < -0.4 is 4.74 Å². The van der Waals surface area contributed by atoms with Crippen LogP contribution in [0.4, 0.5) is 0 Å². The molecule has 0 saturated carbocycles. The predicted octanol–water partition coefficient (Wildman–Crippen LogP) is 7.11. The molecule has 5 heteroatoms. The fourth-order valence-electron chi connectivity index (χ4n) is 3.14. The molecule has 2 aromatic carbocycles. The zero-order valence-electron chi connectivity index (χ0n) is 19.4. The average molecular weight is 454 g/mol. The van der Waals surface area contributed by atoms with Gasteiger partial charge < -0.3 is 4.74 Å². The van der Waals surface area contributed by atoms with Gasteiger partial charge in [0.2, 0.25) is 0 Å². The second-order valence-corrected chi connectivity index (χ2v) is 12.1. The lowest BCUT2D eigenvalue weighted by Gasteiger charge is -2.14. The Kier molecular flexibility index (Phi) is 7.17. The lowest BCUT2D eigenvalue weighted by Crippen LogP contribution is -2.19. The Morgan fingerprint density at radius 1 is 1.00 bits per heavy atom. The Balaban J connectivity index is 1.89. The third-order valence-corrected chi connectivity index (χ3v) is 7.64. The Morgan fingerprint density at radius 3 is 2.42 bits per heavy atom. The summed E-state index contributed by atoms with van der Waals surface area (Å²) in [5.41, 5.74) is 7.00. The van der Waals surface area contributed by atoms with E-state index in [1.165, 1.54) is 16.7 Å². The number of hydrogen-bond acceptors (Lipinski definition) is 3. The van der Waals surface area contributed by atoms with Crippen molar-refractivity contribution in [3.05, 3.63) is 75.2 Å². The molecule has 0 N–H and O–H groups in total. The Bertz CT molecular complexity index is 1140. The SMILES string of the molecule is Cc1ccc(COc2cccc(C)c2-c2cc(C=NS(=O)C(C)(C)C)c(C)s2)cc1C. The molecule has 0 amide bonds. The summed E-state index contributed by atoms with van der Waals surface area (Å²) < 4.78 is 22.5. The van der Waals surface area contributed by atoms with Gasteiger partial charge in [0, 0.05) is 27.1 Å². The maximum Gasteiger partial charge on any atom is 0.144 e. The van der Waals surface area contributed by atoms with Gasteiger partial charge in [0.1, 0.15) is 23.3 Å². The first kappa shape index (κ1) is 23.4. The van der Waals surface area contributed by atoms with Gasteiger partial charge in [0.05, 0.1) is 4.75 Å². The molecule has 1 aromatic heterocycles. The van der Waals surface area contributed by atoms with Crippen LogP contribution in [0.3, 0.4) is 0 Å².